The average Bonchev–Trinajstić information content (AvgIpc) is 2.35. The number of carbonyl (C=O) groups is 1. The molecule has 1 aliphatic carbocycles. The summed E-state index contributed by atoms with van der Waals surface area (Å²) < 4.78 is 0. The van der Waals surface area contributed by atoms with Gasteiger partial charge in [-0.3, -0.25) is 10.1 Å². The molecule has 0 aromatic rings. The molecule has 2 unspecified atom stereocenters. The van der Waals surface area contributed by atoms with Crippen molar-refractivity contribution in [2.24, 2.45) is 5.92 Å². The van der Waals surface area contributed by atoms with Crippen LogP contribution in [0.1, 0.15) is 60.3 Å². The van der Waals surface area contributed by atoms with Crippen LogP contribution in [0.3, 0.4) is 0 Å². The van der Waals surface area contributed by atoms with E-state index >= 15 is 0 Å². The first-order chi connectivity index (χ1) is 9.30. The van der Waals surface area contributed by atoms with Gasteiger partial charge in [-0.1, -0.05) is 20.8 Å². The molecule has 0 heterocycles. The van der Waals surface area contributed by atoms with Crippen LogP contribution in [0.25, 0.3) is 0 Å². The molecular formula is C16H32N2O2. The molecule has 2 atom stereocenters. The number of nitrogens with one attached hydrogen (secondary N) is 1. The Kier molecular flexibility index (Phi) is 6.46. The highest BCUT2D eigenvalue weighted by atomic mass is 16.4. The maximum atomic E-state index is 11.8. The van der Waals surface area contributed by atoms with Gasteiger partial charge in [0, 0.05) is 18.6 Å². The van der Waals surface area contributed by atoms with E-state index in [2.05, 4.69) is 31.0 Å². The van der Waals surface area contributed by atoms with Gasteiger partial charge in [-0.05, 0) is 52.0 Å². The van der Waals surface area contributed by atoms with Crippen molar-refractivity contribution in [3.63, 3.8) is 0 Å². The second-order valence-electron chi connectivity index (χ2n) is 6.92. The number of nitrogens with zero attached hydrogens (tertiary/aromatic N) is 1. The first kappa shape index (κ1) is 17.4. The number of hydrogen-bond donors (Lipinski definition) is 2. The summed E-state index contributed by atoms with van der Waals surface area (Å²) in [5.74, 6) is -0.0642. The smallest absolute Gasteiger partial charge is 0.323 e. The Morgan fingerprint density at radius 1 is 1.40 bits per heavy atom. The molecule has 20 heavy (non-hydrogen) atoms. The lowest BCUT2D eigenvalue weighted by Crippen LogP contribution is -2.60. The van der Waals surface area contributed by atoms with Crippen LogP contribution in [0.4, 0.5) is 0 Å². The molecule has 2 N–H and O–H groups in total. The minimum absolute atomic E-state index is 0.199. The fourth-order valence-electron chi connectivity index (χ4n) is 3.50. The van der Waals surface area contributed by atoms with Crippen LogP contribution in [0.5, 0.6) is 0 Å². The number of carboxylic acids is 1. The summed E-state index contributed by atoms with van der Waals surface area (Å²) in [6, 6.07) is 0.587. The number of hydrogen-bond acceptors (Lipinski definition) is 3. The van der Waals surface area contributed by atoms with Gasteiger partial charge < -0.3 is 10.0 Å². The Morgan fingerprint density at radius 2 is 2.05 bits per heavy atom. The van der Waals surface area contributed by atoms with Gasteiger partial charge >= 0.3 is 5.97 Å². The third kappa shape index (κ3) is 4.45. The molecule has 0 bridgehead atoms. The number of rotatable bonds is 7. The van der Waals surface area contributed by atoms with Crippen LogP contribution in [-0.2, 0) is 4.79 Å². The summed E-state index contributed by atoms with van der Waals surface area (Å²) in [7, 11) is 0. The van der Waals surface area contributed by atoms with E-state index < -0.39 is 11.5 Å². The van der Waals surface area contributed by atoms with E-state index in [9.17, 15) is 9.90 Å². The molecular weight excluding hydrogens is 252 g/mol. The normalized spacial score (nSPS) is 27.5. The van der Waals surface area contributed by atoms with Gasteiger partial charge in [0.1, 0.15) is 5.54 Å². The molecule has 0 aromatic carbocycles. The maximum Gasteiger partial charge on any atom is 0.323 e. The summed E-state index contributed by atoms with van der Waals surface area (Å²) in [6.07, 6.45) is 3.58. The zero-order valence-electron chi connectivity index (χ0n) is 13.8. The predicted octanol–water partition coefficient (Wildman–Crippen LogP) is 2.73. The predicted molar refractivity (Wildman–Crippen MR) is 83.0 cm³/mol. The fraction of sp³-hybridized carbons (Fsp3) is 0.938. The average molecular weight is 284 g/mol. The van der Waals surface area contributed by atoms with Gasteiger partial charge in [-0.25, -0.2) is 0 Å². The molecule has 0 spiro atoms. The highest BCUT2D eigenvalue weighted by molar-refractivity contribution is 5.79. The van der Waals surface area contributed by atoms with Crippen LogP contribution in [-0.4, -0.2) is 46.7 Å². The third-order valence-corrected chi connectivity index (χ3v) is 4.22. The third-order valence-electron chi connectivity index (χ3n) is 4.22. The van der Waals surface area contributed by atoms with Crippen molar-refractivity contribution in [3.8, 4) is 0 Å². The Bertz CT molecular complexity index is 318. The van der Waals surface area contributed by atoms with E-state index in [1.54, 1.807) is 0 Å². The van der Waals surface area contributed by atoms with Gasteiger partial charge in [0.05, 0.1) is 0 Å². The van der Waals surface area contributed by atoms with Crippen LogP contribution < -0.4 is 5.32 Å². The molecule has 0 aromatic heterocycles. The second-order valence-corrected chi connectivity index (χ2v) is 6.92. The molecule has 0 radical (unpaired) electrons. The highest BCUT2D eigenvalue weighted by Crippen LogP contribution is 2.32. The van der Waals surface area contributed by atoms with Crippen LogP contribution in [0.15, 0.2) is 0 Å². The largest absolute Gasteiger partial charge is 0.480 e. The summed E-state index contributed by atoms with van der Waals surface area (Å²) >= 11 is 0. The molecule has 1 saturated carbocycles. The number of aliphatic carboxylic acids is 1. The lowest BCUT2D eigenvalue weighted by atomic mass is 9.77. The van der Waals surface area contributed by atoms with Crippen LogP contribution >= 0.6 is 0 Å². The fourth-order valence-corrected chi connectivity index (χ4v) is 3.50. The first-order valence-electron chi connectivity index (χ1n) is 8.06. The van der Waals surface area contributed by atoms with E-state index in [4.69, 9.17) is 0 Å². The molecule has 0 saturated heterocycles. The van der Waals surface area contributed by atoms with Crippen molar-refractivity contribution < 1.29 is 9.90 Å². The van der Waals surface area contributed by atoms with Gasteiger partial charge in [0.25, 0.3) is 0 Å². The second kappa shape index (κ2) is 7.41. The Labute approximate surface area is 123 Å². The van der Waals surface area contributed by atoms with Crippen molar-refractivity contribution in [1.29, 1.82) is 0 Å². The molecule has 0 amide bonds. The number of carboxylic acid groups (broad SMARTS) is 1. The SMILES string of the molecule is CCN(CC(C)C)C1CCCC(NC(C)C)(C(=O)O)C1. The van der Waals surface area contributed by atoms with Gasteiger partial charge in [0.15, 0.2) is 0 Å². The standard InChI is InChI=1S/C16H32N2O2/c1-6-18(11-12(2)3)14-8-7-9-16(10-14,15(19)20)17-13(4)5/h12-14,17H,6-11H2,1-5H3,(H,19,20). The van der Waals surface area contributed by atoms with E-state index in [0.717, 1.165) is 38.8 Å². The van der Waals surface area contributed by atoms with E-state index in [1.165, 1.54) is 0 Å². The molecule has 1 fully saturated rings. The zero-order chi connectivity index (χ0) is 15.3. The highest BCUT2D eigenvalue weighted by Gasteiger charge is 2.44. The molecule has 118 valence electrons. The minimum Gasteiger partial charge on any atom is -0.480 e. The summed E-state index contributed by atoms with van der Waals surface area (Å²) in [4.78, 5) is 14.3. The van der Waals surface area contributed by atoms with E-state index in [0.29, 0.717) is 12.0 Å². The van der Waals surface area contributed by atoms with Gasteiger partial charge in [0.2, 0.25) is 0 Å². The van der Waals surface area contributed by atoms with Crippen molar-refractivity contribution in [3.05, 3.63) is 0 Å². The van der Waals surface area contributed by atoms with Crippen LogP contribution in [0.2, 0.25) is 0 Å². The van der Waals surface area contributed by atoms with E-state index in [-0.39, 0.29) is 6.04 Å². The van der Waals surface area contributed by atoms with Gasteiger partial charge in [-0.2, -0.15) is 0 Å². The van der Waals surface area contributed by atoms with Crippen molar-refractivity contribution in [1.82, 2.24) is 10.2 Å². The summed E-state index contributed by atoms with van der Waals surface area (Å²) in [6.45, 7) is 12.7. The lowest BCUT2D eigenvalue weighted by Gasteiger charge is -2.44. The lowest BCUT2D eigenvalue weighted by molar-refractivity contribution is -0.148. The minimum atomic E-state index is -0.735. The molecule has 4 heteroatoms. The molecule has 1 rings (SSSR count). The Hall–Kier alpha value is -0.610. The van der Waals surface area contributed by atoms with E-state index in [1.807, 2.05) is 13.8 Å². The summed E-state index contributed by atoms with van der Waals surface area (Å²) in [5, 5.41) is 13.0. The Morgan fingerprint density at radius 3 is 2.50 bits per heavy atom. The van der Waals surface area contributed by atoms with Crippen LogP contribution in [0, 0.1) is 5.92 Å². The van der Waals surface area contributed by atoms with Crippen molar-refractivity contribution >= 4 is 5.97 Å². The summed E-state index contributed by atoms with van der Waals surface area (Å²) in [5.41, 5.74) is -0.735. The topological polar surface area (TPSA) is 52.6 Å². The molecule has 1 aliphatic rings. The molecule has 4 nitrogen and oxygen atoms in total. The van der Waals surface area contributed by atoms with Crippen molar-refractivity contribution in [2.75, 3.05) is 13.1 Å². The van der Waals surface area contributed by atoms with Gasteiger partial charge in [-0.15, -0.1) is 0 Å². The quantitative estimate of drug-likeness (QED) is 0.755. The monoisotopic (exact) mass is 284 g/mol. The maximum absolute atomic E-state index is 11.8. The Balaban J connectivity index is 2.83. The van der Waals surface area contributed by atoms with Crippen molar-refractivity contribution in [2.45, 2.75) is 77.9 Å². The molecule has 0 aliphatic heterocycles. The zero-order valence-corrected chi connectivity index (χ0v) is 13.8. The first-order valence-corrected chi connectivity index (χ1v) is 8.06.